The predicted octanol–water partition coefficient (Wildman–Crippen LogP) is 2.63. The molecule has 0 spiro atoms. The first-order chi connectivity index (χ1) is 8.29. The molecule has 3 nitrogen and oxygen atoms in total. The zero-order valence-electron chi connectivity index (χ0n) is 10.5. The van der Waals surface area contributed by atoms with Crippen LogP contribution in [0.15, 0.2) is 24.3 Å². The van der Waals surface area contributed by atoms with Crippen molar-refractivity contribution in [2.75, 3.05) is 0 Å². The molecule has 1 aromatic rings. The number of carbonyl (C=O) groups excluding carboxylic acids is 1. The van der Waals surface area contributed by atoms with Gasteiger partial charge in [0, 0.05) is 18.2 Å². The summed E-state index contributed by atoms with van der Waals surface area (Å²) in [6.07, 6.45) is 6.00. The molecule has 0 atom stereocenters. The highest BCUT2D eigenvalue weighted by molar-refractivity contribution is 5.94. The Morgan fingerprint density at radius 2 is 1.78 bits per heavy atom. The van der Waals surface area contributed by atoms with Crippen molar-refractivity contribution in [1.82, 2.24) is 5.32 Å². The lowest BCUT2D eigenvalue weighted by Crippen LogP contribution is -2.36. The van der Waals surface area contributed by atoms with Gasteiger partial charge in [-0.3, -0.25) is 4.79 Å². The summed E-state index contributed by atoms with van der Waals surface area (Å²) in [6.45, 7) is 0.518. The monoisotopic (exact) mass is 268 g/mol. The van der Waals surface area contributed by atoms with Gasteiger partial charge in [0.05, 0.1) is 0 Å². The molecule has 2 rings (SSSR count). The van der Waals surface area contributed by atoms with Crippen LogP contribution >= 0.6 is 12.4 Å². The molecule has 0 heterocycles. The maximum Gasteiger partial charge on any atom is 0.251 e. The Balaban J connectivity index is 0.00000162. The standard InChI is InChI=1S/C14H20N2O.ClH/c15-10-11-6-8-12(9-7-11)14(17)16-13-4-2-1-3-5-13;/h6-9,13H,1-5,10,15H2,(H,16,17);1H. The van der Waals surface area contributed by atoms with E-state index in [0.29, 0.717) is 12.6 Å². The minimum Gasteiger partial charge on any atom is -0.349 e. The van der Waals surface area contributed by atoms with Crippen LogP contribution in [0.5, 0.6) is 0 Å². The van der Waals surface area contributed by atoms with Gasteiger partial charge in [-0.15, -0.1) is 12.4 Å². The molecule has 0 radical (unpaired) electrons. The molecule has 1 amide bonds. The van der Waals surface area contributed by atoms with Crippen LogP contribution in [0.1, 0.15) is 48.0 Å². The summed E-state index contributed by atoms with van der Waals surface area (Å²) in [7, 11) is 0. The molecule has 18 heavy (non-hydrogen) atoms. The number of nitrogens with one attached hydrogen (secondary N) is 1. The van der Waals surface area contributed by atoms with E-state index >= 15 is 0 Å². The van der Waals surface area contributed by atoms with E-state index in [1.54, 1.807) is 0 Å². The quantitative estimate of drug-likeness (QED) is 0.885. The van der Waals surface area contributed by atoms with Gasteiger partial charge in [-0.1, -0.05) is 31.4 Å². The molecule has 100 valence electrons. The lowest BCUT2D eigenvalue weighted by Gasteiger charge is -2.22. The summed E-state index contributed by atoms with van der Waals surface area (Å²) in [5.74, 6) is 0.0421. The maximum atomic E-state index is 12.0. The first-order valence-electron chi connectivity index (χ1n) is 6.39. The summed E-state index contributed by atoms with van der Waals surface area (Å²) in [5.41, 5.74) is 7.31. The van der Waals surface area contributed by atoms with Crippen LogP contribution in [0.4, 0.5) is 0 Å². The molecule has 1 aromatic carbocycles. The highest BCUT2D eigenvalue weighted by Gasteiger charge is 2.16. The van der Waals surface area contributed by atoms with Crippen molar-refractivity contribution in [3.05, 3.63) is 35.4 Å². The van der Waals surface area contributed by atoms with Crippen molar-refractivity contribution in [3.8, 4) is 0 Å². The van der Waals surface area contributed by atoms with Crippen molar-refractivity contribution in [3.63, 3.8) is 0 Å². The van der Waals surface area contributed by atoms with Crippen molar-refractivity contribution < 1.29 is 4.79 Å². The Hall–Kier alpha value is -1.06. The molecule has 1 fully saturated rings. The van der Waals surface area contributed by atoms with Crippen LogP contribution in [0.2, 0.25) is 0 Å². The molecular formula is C14H21ClN2O. The molecule has 0 saturated heterocycles. The Labute approximate surface area is 115 Å². The van der Waals surface area contributed by atoms with Gasteiger partial charge in [0.1, 0.15) is 0 Å². The van der Waals surface area contributed by atoms with E-state index in [0.717, 1.165) is 24.0 Å². The van der Waals surface area contributed by atoms with Gasteiger partial charge in [0.2, 0.25) is 0 Å². The van der Waals surface area contributed by atoms with Gasteiger partial charge in [0.15, 0.2) is 0 Å². The molecular weight excluding hydrogens is 248 g/mol. The first kappa shape index (κ1) is 15.0. The number of hydrogen-bond acceptors (Lipinski definition) is 2. The van der Waals surface area contributed by atoms with Crippen molar-refractivity contribution in [1.29, 1.82) is 0 Å². The fourth-order valence-electron chi connectivity index (χ4n) is 2.31. The molecule has 1 aliphatic carbocycles. The third-order valence-corrected chi connectivity index (χ3v) is 3.39. The largest absolute Gasteiger partial charge is 0.349 e. The van der Waals surface area contributed by atoms with Gasteiger partial charge in [-0.25, -0.2) is 0 Å². The molecule has 1 saturated carbocycles. The van der Waals surface area contributed by atoms with Crippen LogP contribution in [0.25, 0.3) is 0 Å². The number of carbonyl (C=O) groups is 1. The van der Waals surface area contributed by atoms with E-state index in [-0.39, 0.29) is 18.3 Å². The smallest absolute Gasteiger partial charge is 0.251 e. The van der Waals surface area contributed by atoms with Gasteiger partial charge in [-0.2, -0.15) is 0 Å². The van der Waals surface area contributed by atoms with Crippen LogP contribution in [-0.2, 0) is 6.54 Å². The second-order valence-electron chi connectivity index (χ2n) is 4.71. The maximum absolute atomic E-state index is 12.0. The highest BCUT2D eigenvalue weighted by atomic mass is 35.5. The molecule has 4 heteroatoms. The SMILES string of the molecule is Cl.NCc1ccc(C(=O)NC2CCCCC2)cc1. The average Bonchev–Trinajstić information content (AvgIpc) is 2.40. The number of halogens is 1. The summed E-state index contributed by atoms with van der Waals surface area (Å²) < 4.78 is 0. The minimum absolute atomic E-state index is 0. The first-order valence-corrected chi connectivity index (χ1v) is 6.39. The van der Waals surface area contributed by atoms with Gasteiger partial charge in [0.25, 0.3) is 5.91 Å². The van der Waals surface area contributed by atoms with Gasteiger partial charge in [-0.05, 0) is 30.5 Å². The van der Waals surface area contributed by atoms with Crippen molar-refractivity contribution >= 4 is 18.3 Å². The third kappa shape index (κ3) is 4.00. The fourth-order valence-corrected chi connectivity index (χ4v) is 2.31. The summed E-state index contributed by atoms with van der Waals surface area (Å²) in [6, 6.07) is 7.89. The third-order valence-electron chi connectivity index (χ3n) is 3.39. The number of rotatable bonds is 3. The lowest BCUT2D eigenvalue weighted by molar-refractivity contribution is 0.0927. The fraction of sp³-hybridized carbons (Fsp3) is 0.500. The van der Waals surface area contributed by atoms with Crippen LogP contribution in [-0.4, -0.2) is 11.9 Å². The number of hydrogen-bond donors (Lipinski definition) is 2. The van der Waals surface area contributed by atoms with E-state index in [9.17, 15) is 4.79 Å². The molecule has 0 aliphatic heterocycles. The molecule has 0 unspecified atom stereocenters. The second-order valence-corrected chi connectivity index (χ2v) is 4.71. The molecule has 0 bridgehead atoms. The van der Waals surface area contributed by atoms with E-state index in [2.05, 4.69) is 5.32 Å². The topological polar surface area (TPSA) is 55.1 Å². The van der Waals surface area contributed by atoms with Crippen LogP contribution in [0, 0.1) is 0 Å². The zero-order valence-corrected chi connectivity index (χ0v) is 11.3. The predicted molar refractivity (Wildman–Crippen MR) is 75.9 cm³/mol. The minimum atomic E-state index is 0. The Morgan fingerprint density at radius 1 is 1.17 bits per heavy atom. The number of nitrogens with two attached hydrogens (primary N) is 1. The molecule has 1 aliphatic rings. The van der Waals surface area contributed by atoms with Crippen molar-refractivity contribution in [2.24, 2.45) is 5.73 Å². The highest BCUT2D eigenvalue weighted by Crippen LogP contribution is 2.17. The normalized spacial score (nSPS) is 15.8. The van der Waals surface area contributed by atoms with Gasteiger partial charge >= 0.3 is 0 Å². The Kier molecular flexibility index (Phi) is 6.16. The van der Waals surface area contributed by atoms with E-state index < -0.39 is 0 Å². The van der Waals surface area contributed by atoms with Gasteiger partial charge < -0.3 is 11.1 Å². The van der Waals surface area contributed by atoms with Crippen molar-refractivity contribution in [2.45, 2.75) is 44.7 Å². The summed E-state index contributed by atoms with van der Waals surface area (Å²) >= 11 is 0. The summed E-state index contributed by atoms with van der Waals surface area (Å²) in [4.78, 5) is 12.0. The number of amides is 1. The molecule has 3 N–H and O–H groups in total. The van der Waals surface area contributed by atoms with Crippen LogP contribution < -0.4 is 11.1 Å². The molecule has 0 aromatic heterocycles. The second kappa shape index (κ2) is 7.39. The Bertz CT molecular complexity index is 372. The summed E-state index contributed by atoms with van der Waals surface area (Å²) in [5, 5.41) is 3.10. The van der Waals surface area contributed by atoms with E-state index in [4.69, 9.17) is 5.73 Å². The average molecular weight is 269 g/mol. The van der Waals surface area contributed by atoms with Crippen LogP contribution in [0.3, 0.4) is 0 Å². The van der Waals surface area contributed by atoms with E-state index in [1.165, 1.54) is 19.3 Å². The van der Waals surface area contributed by atoms with E-state index in [1.807, 2.05) is 24.3 Å². The zero-order chi connectivity index (χ0) is 12.1. The lowest BCUT2D eigenvalue weighted by atomic mass is 9.95. The number of benzene rings is 1. The Morgan fingerprint density at radius 3 is 2.33 bits per heavy atom.